The summed E-state index contributed by atoms with van der Waals surface area (Å²) in [6.45, 7) is 2.80. The third kappa shape index (κ3) is 7.18. The minimum absolute atomic E-state index is 0.0222. The number of thioether (sulfide) groups is 1. The van der Waals surface area contributed by atoms with Crippen LogP contribution in [0.3, 0.4) is 0 Å². The lowest BCUT2D eigenvalue weighted by atomic mass is 10.1. The van der Waals surface area contributed by atoms with E-state index in [-0.39, 0.29) is 24.2 Å². The lowest BCUT2D eigenvalue weighted by molar-refractivity contribution is -0.118. The van der Waals surface area contributed by atoms with Crippen LogP contribution >= 0.6 is 11.8 Å². The van der Waals surface area contributed by atoms with Crippen molar-refractivity contribution < 1.29 is 14.3 Å². The number of aliphatic hydroxyl groups excluding tert-OH is 1. The van der Waals surface area contributed by atoms with Gasteiger partial charge in [-0.1, -0.05) is 6.92 Å². The maximum atomic E-state index is 12.7. The van der Waals surface area contributed by atoms with Gasteiger partial charge in [-0.15, -0.1) is 11.8 Å². The predicted octanol–water partition coefficient (Wildman–Crippen LogP) is 2.44. The number of halogens is 1. The molecule has 3 nitrogen and oxygen atoms in total. The fourth-order valence-corrected chi connectivity index (χ4v) is 2.23. The van der Waals surface area contributed by atoms with Crippen molar-refractivity contribution in [1.82, 2.24) is 5.32 Å². The second kappa shape index (κ2) is 8.93. The topological polar surface area (TPSA) is 49.3 Å². The first kappa shape index (κ1) is 16.0. The van der Waals surface area contributed by atoms with E-state index in [1.54, 1.807) is 12.1 Å². The third-order valence-electron chi connectivity index (χ3n) is 2.69. The van der Waals surface area contributed by atoms with Gasteiger partial charge < -0.3 is 10.4 Å². The molecule has 1 atom stereocenters. The molecule has 19 heavy (non-hydrogen) atoms. The van der Waals surface area contributed by atoms with E-state index in [4.69, 9.17) is 5.11 Å². The van der Waals surface area contributed by atoms with Crippen LogP contribution < -0.4 is 5.32 Å². The molecule has 0 bridgehead atoms. The molecule has 0 aliphatic heterocycles. The fraction of sp³-hybridized carbons (Fsp3) is 0.500. The Morgan fingerprint density at radius 2 is 2.11 bits per heavy atom. The van der Waals surface area contributed by atoms with Crippen LogP contribution in [0.1, 0.15) is 19.8 Å². The Bertz CT molecular complexity index is 384. The fourth-order valence-electron chi connectivity index (χ4n) is 1.50. The zero-order chi connectivity index (χ0) is 14.1. The molecule has 0 saturated carbocycles. The molecule has 5 heteroatoms. The molecule has 0 saturated heterocycles. The van der Waals surface area contributed by atoms with Crippen molar-refractivity contribution in [3.05, 3.63) is 30.1 Å². The van der Waals surface area contributed by atoms with Crippen molar-refractivity contribution in [2.75, 3.05) is 18.9 Å². The first-order valence-corrected chi connectivity index (χ1v) is 7.36. The van der Waals surface area contributed by atoms with E-state index in [9.17, 15) is 9.18 Å². The lowest BCUT2D eigenvalue weighted by Gasteiger charge is -2.08. The Kier molecular flexibility index (Phi) is 7.52. The minimum atomic E-state index is -0.271. The molecular formula is C14H20FNO2S. The largest absolute Gasteiger partial charge is 0.396 e. The van der Waals surface area contributed by atoms with Crippen LogP contribution in [0.25, 0.3) is 0 Å². The van der Waals surface area contributed by atoms with Crippen molar-refractivity contribution in [3.63, 3.8) is 0 Å². The van der Waals surface area contributed by atoms with E-state index >= 15 is 0 Å². The molecule has 0 aliphatic carbocycles. The normalized spacial score (nSPS) is 12.2. The number of benzene rings is 1. The first-order valence-electron chi connectivity index (χ1n) is 6.37. The molecule has 0 heterocycles. The van der Waals surface area contributed by atoms with Gasteiger partial charge in [0.25, 0.3) is 0 Å². The van der Waals surface area contributed by atoms with Crippen LogP contribution in [0.5, 0.6) is 0 Å². The Labute approximate surface area is 117 Å². The highest BCUT2D eigenvalue weighted by Crippen LogP contribution is 2.17. The number of amides is 1. The molecule has 1 aromatic carbocycles. The number of rotatable bonds is 8. The monoisotopic (exact) mass is 285 g/mol. The van der Waals surface area contributed by atoms with Crippen molar-refractivity contribution >= 4 is 17.7 Å². The average Bonchev–Trinajstić information content (AvgIpc) is 2.42. The van der Waals surface area contributed by atoms with Crippen molar-refractivity contribution in [1.29, 1.82) is 0 Å². The SMILES string of the molecule is CC(CO)CCCNC(=O)CSc1ccc(F)cc1. The molecule has 0 spiro atoms. The zero-order valence-electron chi connectivity index (χ0n) is 11.1. The van der Waals surface area contributed by atoms with E-state index in [1.165, 1.54) is 23.9 Å². The van der Waals surface area contributed by atoms with Crippen LogP contribution in [0, 0.1) is 11.7 Å². The van der Waals surface area contributed by atoms with E-state index in [2.05, 4.69) is 5.32 Å². The van der Waals surface area contributed by atoms with Crippen LogP contribution in [0.2, 0.25) is 0 Å². The van der Waals surface area contributed by atoms with Gasteiger partial charge in [-0.3, -0.25) is 4.79 Å². The first-order chi connectivity index (χ1) is 9.11. The summed E-state index contributed by atoms with van der Waals surface area (Å²) in [5.74, 6) is 0.324. The van der Waals surface area contributed by atoms with E-state index in [0.717, 1.165) is 17.7 Å². The maximum absolute atomic E-state index is 12.7. The number of carbonyl (C=O) groups is 1. The molecule has 1 unspecified atom stereocenters. The Morgan fingerprint density at radius 3 is 2.74 bits per heavy atom. The zero-order valence-corrected chi connectivity index (χ0v) is 11.9. The maximum Gasteiger partial charge on any atom is 0.230 e. The molecule has 2 N–H and O–H groups in total. The summed E-state index contributed by atoms with van der Waals surface area (Å²) in [4.78, 5) is 12.4. The van der Waals surface area contributed by atoms with Crippen LogP contribution in [-0.2, 0) is 4.79 Å². The third-order valence-corrected chi connectivity index (χ3v) is 3.70. The highest BCUT2D eigenvalue weighted by molar-refractivity contribution is 8.00. The second-order valence-corrected chi connectivity index (χ2v) is 5.57. The van der Waals surface area contributed by atoms with Crippen LogP contribution in [0.4, 0.5) is 4.39 Å². The van der Waals surface area contributed by atoms with Crippen LogP contribution in [0.15, 0.2) is 29.2 Å². The number of nitrogens with one attached hydrogen (secondary N) is 1. The summed E-state index contributed by atoms with van der Waals surface area (Å²) in [5.41, 5.74) is 0. The molecule has 0 radical (unpaired) electrons. The molecule has 0 fully saturated rings. The van der Waals surface area contributed by atoms with Gasteiger partial charge in [-0.2, -0.15) is 0 Å². The molecule has 1 aromatic rings. The summed E-state index contributed by atoms with van der Waals surface area (Å²) in [7, 11) is 0. The van der Waals surface area contributed by atoms with Gasteiger partial charge >= 0.3 is 0 Å². The number of carbonyl (C=O) groups excluding carboxylic acids is 1. The molecule has 0 aliphatic rings. The van der Waals surface area contributed by atoms with Crippen molar-refractivity contribution in [2.24, 2.45) is 5.92 Å². The highest BCUT2D eigenvalue weighted by atomic mass is 32.2. The highest BCUT2D eigenvalue weighted by Gasteiger charge is 2.04. The molecule has 106 valence electrons. The van der Waals surface area contributed by atoms with Crippen LogP contribution in [-0.4, -0.2) is 29.9 Å². The standard InChI is InChI=1S/C14H20FNO2S/c1-11(9-17)3-2-8-16-14(18)10-19-13-6-4-12(15)5-7-13/h4-7,11,17H,2-3,8-10H2,1H3,(H,16,18). The minimum Gasteiger partial charge on any atom is -0.396 e. The Balaban J connectivity index is 2.12. The quantitative estimate of drug-likeness (QED) is 0.570. The number of hydrogen-bond acceptors (Lipinski definition) is 3. The summed E-state index contributed by atoms with van der Waals surface area (Å²) in [6, 6.07) is 6.10. The molecule has 1 rings (SSSR count). The smallest absolute Gasteiger partial charge is 0.230 e. The summed E-state index contributed by atoms with van der Waals surface area (Å²) in [5, 5.41) is 11.7. The van der Waals surface area contributed by atoms with Gasteiger partial charge in [-0.25, -0.2) is 4.39 Å². The van der Waals surface area contributed by atoms with Gasteiger partial charge in [-0.05, 0) is 43.0 Å². The number of aliphatic hydroxyl groups is 1. The van der Waals surface area contributed by atoms with E-state index in [0.29, 0.717) is 12.3 Å². The van der Waals surface area contributed by atoms with Crippen molar-refractivity contribution in [2.45, 2.75) is 24.7 Å². The van der Waals surface area contributed by atoms with E-state index in [1.807, 2.05) is 6.92 Å². The average molecular weight is 285 g/mol. The molecule has 0 aromatic heterocycles. The predicted molar refractivity (Wildman–Crippen MR) is 75.6 cm³/mol. The van der Waals surface area contributed by atoms with Gasteiger partial charge in [0.2, 0.25) is 5.91 Å². The van der Waals surface area contributed by atoms with Gasteiger partial charge in [0.05, 0.1) is 5.75 Å². The molecular weight excluding hydrogens is 265 g/mol. The summed E-state index contributed by atoms with van der Waals surface area (Å²) >= 11 is 1.39. The van der Waals surface area contributed by atoms with Gasteiger partial charge in [0, 0.05) is 18.0 Å². The second-order valence-electron chi connectivity index (χ2n) is 4.52. The number of hydrogen-bond donors (Lipinski definition) is 2. The lowest BCUT2D eigenvalue weighted by Crippen LogP contribution is -2.26. The Morgan fingerprint density at radius 1 is 1.42 bits per heavy atom. The van der Waals surface area contributed by atoms with Crippen molar-refractivity contribution in [3.8, 4) is 0 Å². The molecule has 1 amide bonds. The Hall–Kier alpha value is -1.07. The van der Waals surface area contributed by atoms with Gasteiger partial charge in [0.1, 0.15) is 5.82 Å². The summed E-state index contributed by atoms with van der Waals surface area (Å²) < 4.78 is 12.7. The summed E-state index contributed by atoms with van der Waals surface area (Å²) in [6.07, 6.45) is 1.77. The van der Waals surface area contributed by atoms with E-state index < -0.39 is 0 Å². The van der Waals surface area contributed by atoms with Gasteiger partial charge in [0.15, 0.2) is 0 Å².